The minimum absolute atomic E-state index is 0.0898. The molecule has 4 heteroatoms. The number of nitrogens with one attached hydrogen (secondary N) is 1. The molecule has 0 saturated carbocycles. The van der Waals surface area contributed by atoms with Gasteiger partial charge in [-0.1, -0.05) is 115 Å². The van der Waals surface area contributed by atoms with Crippen molar-refractivity contribution in [1.82, 2.24) is 5.32 Å². The number of unbranched alkanes of at least 4 members (excludes halogenated alkanes) is 14. The van der Waals surface area contributed by atoms with E-state index in [1.54, 1.807) is 6.08 Å². The fourth-order valence-electron chi connectivity index (χ4n) is 3.99. The zero-order chi connectivity index (χ0) is 25.8. The zero-order valence-electron chi connectivity index (χ0n) is 23.1. The lowest BCUT2D eigenvalue weighted by Crippen LogP contribution is -2.45. The number of aliphatic hydroxyl groups is 2. The van der Waals surface area contributed by atoms with Gasteiger partial charge in [-0.05, 0) is 51.4 Å². The largest absolute Gasteiger partial charge is 0.394 e. The summed E-state index contributed by atoms with van der Waals surface area (Å²) in [4.78, 5) is 12.2. The number of hydrogen-bond acceptors (Lipinski definition) is 3. The fourth-order valence-corrected chi connectivity index (χ4v) is 3.99. The second-order valence-electron chi connectivity index (χ2n) is 9.80. The molecule has 0 rings (SSSR count). The first-order chi connectivity index (χ1) is 17.2. The summed E-state index contributed by atoms with van der Waals surface area (Å²) in [5, 5.41) is 22.6. The van der Waals surface area contributed by atoms with Crippen LogP contribution in [0, 0.1) is 0 Å². The van der Waals surface area contributed by atoms with Crippen molar-refractivity contribution in [1.29, 1.82) is 0 Å². The molecule has 35 heavy (non-hydrogen) atoms. The van der Waals surface area contributed by atoms with E-state index < -0.39 is 12.1 Å². The highest BCUT2D eigenvalue weighted by molar-refractivity contribution is 5.76. The number of allylic oxidation sites excluding steroid dienone is 5. The van der Waals surface area contributed by atoms with Crippen LogP contribution in [0.25, 0.3) is 0 Å². The summed E-state index contributed by atoms with van der Waals surface area (Å²) < 4.78 is 0. The lowest BCUT2D eigenvalue weighted by atomic mass is 10.1. The minimum atomic E-state index is -0.859. The maximum absolute atomic E-state index is 12.2. The van der Waals surface area contributed by atoms with Crippen molar-refractivity contribution in [3.05, 3.63) is 36.5 Å². The number of aliphatic hydroxyl groups excluding tert-OH is 2. The average Bonchev–Trinajstić information content (AvgIpc) is 2.86. The maximum atomic E-state index is 12.2. The molecule has 3 N–H and O–H groups in total. The van der Waals surface area contributed by atoms with Gasteiger partial charge in [-0.3, -0.25) is 4.79 Å². The summed E-state index contributed by atoms with van der Waals surface area (Å²) in [6.07, 6.45) is 33.6. The van der Waals surface area contributed by atoms with Gasteiger partial charge in [-0.2, -0.15) is 0 Å². The Hall–Kier alpha value is -1.39. The first kappa shape index (κ1) is 33.6. The van der Waals surface area contributed by atoms with E-state index in [2.05, 4.69) is 43.5 Å². The smallest absolute Gasteiger partial charge is 0.220 e. The molecule has 1 amide bonds. The highest BCUT2D eigenvalue weighted by Gasteiger charge is 2.17. The molecular weight excluding hydrogens is 434 g/mol. The third-order valence-corrected chi connectivity index (χ3v) is 6.35. The van der Waals surface area contributed by atoms with Gasteiger partial charge in [0.1, 0.15) is 0 Å². The molecule has 0 bridgehead atoms. The lowest BCUT2D eigenvalue weighted by Gasteiger charge is -2.19. The quantitative estimate of drug-likeness (QED) is 0.0896. The van der Waals surface area contributed by atoms with Gasteiger partial charge in [-0.15, -0.1) is 0 Å². The van der Waals surface area contributed by atoms with Crippen LogP contribution in [0.4, 0.5) is 0 Å². The topological polar surface area (TPSA) is 69.6 Å². The van der Waals surface area contributed by atoms with Crippen molar-refractivity contribution in [2.75, 3.05) is 6.61 Å². The summed E-state index contributed by atoms with van der Waals surface area (Å²) in [6, 6.07) is -0.637. The Kier molecular flexibility index (Phi) is 26.1. The van der Waals surface area contributed by atoms with Crippen LogP contribution in [0.3, 0.4) is 0 Å². The van der Waals surface area contributed by atoms with Crippen LogP contribution in [0.2, 0.25) is 0 Å². The van der Waals surface area contributed by atoms with Crippen LogP contribution in [-0.2, 0) is 4.79 Å². The highest BCUT2D eigenvalue weighted by atomic mass is 16.3. The second kappa shape index (κ2) is 27.2. The molecule has 0 fully saturated rings. The Morgan fingerprint density at radius 1 is 0.657 bits per heavy atom. The van der Waals surface area contributed by atoms with Crippen LogP contribution < -0.4 is 5.32 Å². The van der Waals surface area contributed by atoms with Crippen LogP contribution in [-0.4, -0.2) is 34.9 Å². The van der Waals surface area contributed by atoms with Crippen molar-refractivity contribution in [3.63, 3.8) is 0 Å². The van der Waals surface area contributed by atoms with E-state index in [0.29, 0.717) is 6.42 Å². The van der Waals surface area contributed by atoms with E-state index in [0.717, 1.165) is 44.9 Å². The Morgan fingerprint density at radius 3 is 1.74 bits per heavy atom. The molecular formula is C31H57NO3. The molecule has 0 spiro atoms. The van der Waals surface area contributed by atoms with Gasteiger partial charge in [0, 0.05) is 6.42 Å². The molecule has 204 valence electrons. The summed E-state index contributed by atoms with van der Waals surface area (Å²) in [7, 11) is 0. The van der Waals surface area contributed by atoms with Crippen LogP contribution in [0.5, 0.6) is 0 Å². The minimum Gasteiger partial charge on any atom is -0.394 e. The Labute approximate surface area is 217 Å². The molecule has 0 heterocycles. The molecule has 2 unspecified atom stereocenters. The summed E-state index contributed by atoms with van der Waals surface area (Å²) in [5.74, 6) is -0.0898. The van der Waals surface area contributed by atoms with E-state index >= 15 is 0 Å². The maximum Gasteiger partial charge on any atom is 0.220 e. The molecule has 0 aromatic heterocycles. The molecule has 0 radical (unpaired) electrons. The monoisotopic (exact) mass is 491 g/mol. The Morgan fingerprint density at radius 2 is 1.14 bits per heavy atom. The third-order valence-electron chi connectivity index (χ3n) is 6.35. The van der Waals surface area contributed by atoms with Crippen molar-refractivity contribution in [2.24, 2.45) is 0 Å². The first-order valence-corrected chi connectivity index (χ1v) is 14.7. The number of carbonyl (C=O) groups is 1. The van der Waals surface area contributed by atoms with E-state index in [4.69, 9.17) is 0 Å². The lowest BCUT2D eigenvalue weighted by molar-refractivity contribution is -0.123. The van der Waals surface area contributed by atoms with Crippen molar-refractivity contribution in [3.8, 4) is 0 Å². The first-order valence-electron chi connectivity index (χ1n) is 14.7. The molecule has 0 aliphatic carbocycles. The summed E-state index contributed by atoms with van der Waals surface area (Å²) in [6.45, 7) is 4.18. The number of hydrogen-bond donors (Lipinski definition) is 3. The van der Waals surface area contributed by atoms with Crippen LogP contribution in [0.1, 0.15) is 136 Å². The van der Waals surface area contributed by atoms with E-state index in [1.165, 1.54) is 70.6 Å². The summed E-state index contributed by atoms with van der Waals surface area (Å²) in [5.41, 5.74) is 0. The Balaban J connectivity index is 3.71. The van der Waals surface area contributed by atoms with E-state index in [1.807, 2.05) is 6.08 Å². The third kappa shape index (κ3) is 24.1. The number of amides is 1. The SMILES string of the molecule is CCCC/C=C/CC/C=C/C(O)C(CO)NC(=O)CCCCCCC/C=C\CCCCCCCC. The predicted molar refractivity (Wildman–Crippen MR) is 152 cm³/mol. The van der Waals surface area contributed by atoms with Crippen LogP contribution >= 0.6 is 0 Å². The zero-order valence-corrected chi connectivity index (χ0v) is 23.1. The Bertz CT molecular complexity index is 541. The number of rotatable bonds is 25. The number of carbonyl (C=O) groups excluding carboxylic acids is 1. The molecule has 4 nitrogen and oxygen atoms in total. The van der Waals surface area contributed by atoms with Gasteiger partial charge in [0.05, 0.1) is 18.8 Å². The van der Waals surface area contributed by atoms with E-state index in [-0.39, 0.29) is 12.5 Å². The van der Waals surface area contributed by atoms with E-state index in [9.17, 15) is 15.0 Å². The molecule has 0 saturated heterocycles. The molecule has 2 atom stereocenters. The second-order valence-corrected chi connectivity index (χ2v) is 9.80. The molecule has 0 aliphatic rings. The van der Waals surface area contributed by atoms with Crippen molar-refractivity contribution in [2.45, 2.75) is 148 Å². The van der Waals surface area contributed by atoms with Gasteiger partial charge in [0.2, 0.25) is 5.91 Å². The predicted octanol–water partition coefficient (Wildman–Crippen LogP) is 7.94. The van der Waals surface area contributed by atoms with Crippen molar-refractivity contribution < 1.29 is 15.0 Å². The molecule has 0 aromatic rings. The van der Waals surface area contributed by atoms with Crippen molar-refractivity contribution >= 4 is 5.91 Å². The highest BCUT2D eigenvalue weighted by Crippen LogP contribution is 2.10. The average molecular weight is 492 g/mol. The normalized spacial score (nSPS) is 13.8. The van der Waals surface area contributed by atoms with Gasteiger partial charge >= 0.3 is 0 Å². The molecule has 0 aromatic carbocycles. The van der Waals surface area contributed by atoms with Gasteiger partial charge in [0.15, 0.2) is 0 Å². The van der Waals surface area contributed by atoms with Gasteiger partial charge in [-0.25, -0.2) is 0 Å². The van der Waals surface area contributed by atoms with Gasteiger partial charge in [0.25, 0.3) is 0 Å². The van der Waals surface area contributed by atoms with Crippen LogP contribution in [0.15, 0.2) is 36.5 Å². The standard InChI is InChI=1S/C31H57NO3/c1-3-5-7-9-11-13-14-15-16-17-18-19-21-23-25-27-31(35)32-29(28-33)30(34)26-24-22-20-12-10-8-6-4-2/h10,12,15-16,24,26,29-30,33-34H,3-9,11,13-14,17-23,25,27-28H2,1-2H3,(H,32,35)/b12-10+,16-15-,26-24+. The fraction of sp³-hybridized carbons (Fsp3) is 0.774. The molecule has 0 aliphatic heterocycles. The summed E-state index contributed by atoms with van der Waals surface area (Å²) >= 11 is 0. The van der Waals surface area contributed by atoms with Gasteiger partial charge < -0.3 is 15.5 Å².